The highest BCUT2D eigenvalue weighted by Gasteiger charge is 2.13. The fourth-order valence-corrected chi connectivity index (χ4v) is 2.87. The maximum Gasteiger partial charge on any atom is 0.163 e. The zero-order valence-corrected chi connectivity index (χ0v) is 15.4. The molecule has 3 aromatic rings. The lowest BCUT2D eigenvalue weighted by Crippen LogP contribution is -2.15. The van der Waals surface area contributed by atoms with Gasteiger partial charge in [-0.25, -0.2) is 9.97 Å². The van der Waals surface area contributed by atoms with Gasteiger partial charge in [0.2, 0.25) is 0 Å². The van der Waals surface area contributed by atoms with Crippen molar-refractivity contribution >= 4 is 17.3 Å². The van der Waals surface area contributed by atoms with Crippen molar-refractivity contribution in [3.8, 4) is 22.9 Å². The summed E-state index contributed by atoms with van der Waals surface area (Å²) < 4.78 is 11.2. The third-order valence-corrected chi connectivity index (χ3v) is 4.01. The van der Waals surface area contributed by atoms with E-state index < -0.39 is 0 Å². The molecule has 0 radical (unpaired) electrons. The van der Waals surface area contributed by atoms with Gasteiger partial charge in [-0.05, 0) is 26.0 Å². The summed E-state index contributed by atoms with van der Waals surface area (Å²) in [5.41, 5.74) is 1.85. The van der Waals surface area contributed by atoms with Crippen molar-refractivity contribution in [1.82, 2.24) is 9.97 Å². The minimum atomic E-state index is 0.269. The number of ether oxygens (including phenoxy) is 2. The van der Waals surface area contributed by atoms with E-state index in [0.717, 1.165) is 28.6 Å². The van der Waals surface area contributed by atoms with Crippen LogP contribution in [0.4, 0.5) is 17.3 Å². The normalized spacial score (nSPS) is 12.7. The number of anilines is 3. The second kappa shape index (κ2) is 7.53. The van der Waals surface area contributed by atoms with Crippen LogP contribution in [0, 0.1) is 0 Å². The largest absolute Gasteiger partial charge is 0.486 e. The second-order valence-electron chi connectivity index (χ2n) is 6.61. The van der Waals surface area contributed by atoms with Crippen molar-refractivity contribution < 1.29 is 9.47 Å². The molecule has 0 saturated carbocycles. The first kappa shape index (κ1) is 17.1. The van der Waals surface area contributed by atoms with E-state index in [9.17, 15) is 0 Å². The zero-order valence-electron chi connectivity index (χ0n) is 15.4. The zero-order chi connectivity index (χ0) is 18.6. The average Bonchev–Trinajstić information content (AvgIpc) is 2.68. The molecule has 27 heavy (non-hydrogen) atoms. The van der Waals surface area contributed by atoms with Crippen LogP contribution >= 0.6 is 0 Å². The Morgan fingerprint density at radius 3 is 2.37 bits per heavy atom. The molecule has 2 heterocycles. The average molecular weight is 362 g/mol. The third-order valence-electron chi connectivity index (χ3n) is 4.01. The number of fused-ring (bicyclic) bond motifs is 1. The number of nitrogens with one attached hydrogen (secondary N) is 2. The summed E-state index contributed by atoms with van der Waals surface area (Å²) in [6.45, 7) is 5.30. The molecular formula is C21H22N4O2. The van der Waals surface area contributed by atoms with Gasteiger partial charge < -0.3 is 20.1 Å². The molecule has 0 unspecified atom stereocenters. The Labute approximate surface area is 158 Å². The van der Waals surface area contributed by atoms with Crippen LogP contribution in [0.2, 0.25) is 0 Å². The molecule has 4 rings (SSSR count). The molecular weight excluding hydrogens is 340 g/mol. The molecule has 0 amide bonds. The molecule has 6 heteroatoms. The molecule has 6 nitrogen and oxygen atoms in total. The van der Waals surface area contributed by atoms with Crippen LogP contribution in [0.3, 0.4) is 0 Å². The van der Waals surface area contributed by atoms with E-state index in [4.69, 9.17) is 9.47 Å². The van der Waals surface area contributed by atoms with E-state index >= 15 is 0 Å². The number of aromatic nitrogens is 2. The van der Waals surface area contributed by atoms with Crippen molar-refractivity contribution in [3.63, 3.8) is 0 Å². The van der Waals surface area contributed by atoms with E-state index in [2.05, 4.69) is 34.4 Å². The highest BCUT2D eigenvalue weighted by Crippen LogP contribution is 2.33. The van der Waals surface area contributed by atoms with Crippen molar-refractivity contribution in [2.45, 2.75) is 19.9 Å². The van der Waals surface area contributed by atoms with Gasteiger partial charge in [0.15, 0.2) is 17.3 Å². The summed E-state index contributed by atoms with van der Waals surface area (Å²) >= 11 is 0. The summed E-state index contributed by atoms with van der Waals surface area (Å²) in [6, 6.07) is 17.9. The van der Waals surface area contributed by atoms with Crippen molar-refractivity contribution in [3.05, 3.63) is 54.6 Å². The van der Waals surface area contributed by atoms with Crippen molar-refractivity contribution in [2.24, 2.45) is 0 Å². The molecule has 0 fully saturated rings. The molecule has 0 saturated heterocycles. The van der Waals surface area contributed by atoms with Crippen LogP contribution in [0.5, 0.6) is 11.5 Å². The lowest BCUT2D eigenvalue weighted by atomic mass is 10.2. The summed E-state index contributed by atoms with van der Waals surface area (Å²) in [5.74, 6) is 3.66. The fourth-order valence-electron chi connectivity index (χ4n) is 2.87. The first-order valence-electron chi connectivity index (χ1n) is 9.05. The first-order valence-corrected chi connectivity index (χ1v) is 9.05. The lowest BCUT2D eigenvalue weighted by Gasteiger charge is -2.19. The third kappa shape index (κ3) is 4.11. The Morgan fingerprint density at radius 2 is 1.59 bits per heavy atom. The van der Waals surface area contributed by atoms with E-state index in [0.29, 0.717) is 24.9 Å². The maximum absolute atomic E-state index is 5.66. The molecule has 2 N–H and O–H groups in total. The molecule has 0 aliphatic carbocycles. The Morgan fingerprint density at radius 1 is 0.852 bits per heavy atom. The van der Waals surface area contributed by atoms with E-state index in [1.807, 2.05) is 54.6 Å². The van der Waals surface area contributed by atoms with Crippen molar-refractivity contribution in [1.29, 1.82) is 0 Å². The predicted molar refractivity (Wildman–Crippen MR) is 107 cm³/mol. The van der Waals surface area contributed by atoms with Crippen LogP contribution in [-0.2, 0) is 0 Å². The van der Waals surface area contributed by atoms with Crippen LogP contribution < -0.4 is 20.1 Å². The Bertz CT molecular complexity index is 929. The minimum absolute atomic E-state index is 0.269. The smallest absolute Gasteiger partial charge is 0.163 e. The molecule has 0 bridgehead atoms. The SMILES string of the molecule is CC(C)Nc1cc(Nc2ccc3c(c2)OCCO3)nc(-c2ccccc2)n1. The monoisotopic (exact) mass is 362 g/mol. The van der Waals surface area contributed by atoms with Crippen LogP contribution in [0.1, 0.15) is 13.8 Å². The Kier molecular flexibility index (Phi) is 4.78. The molecule has 1 aliphatic heterocycles. The molecule has 1 aliphatic rings. The Hall–Kier alpha value is -3.28. The van der Waals surface area contributed by atoms with Gasteiger partial charge in [0.1, 0.15) is 24.8 Å². The van der Waals surface area contributed by atoms with Gasteiger partial charge >= 0.3 is 0 Å². The van der Waals surface area contributed by atoms with Gasteiger partial charge in [-0.15, -0.1) is 0 Å². The van der Waals surface area contributed by atoms with Gasteiger partial charge in [0.05, 0.1) is 0 Å². The lowest BCUT2D eigenvalue weighted by molar-refractivity contribution is 0.171. The number of hydrogen-bond donors (Lipinski definition) is 2. The fraction of sp³-hybridized carbons (Fsp3) is 0.238. The molecule has 0 atom stereocenters. The van der Waals surface area contributed by atoms with Gasteiger partial charge in [-0.1, -0.05) is 30.3 Å². The second-order valence-corrected chi connectivity index (χ2v) is 6.61. The van der Waals surface area contributed by atoms with Gasteiger partial charge in [-0.2, -0.15) is 0 Å². The van der Waals surface area contributed by atoms with Gasteiger partial charge in [0.25, 0.3) is 0 Å². The number of rotatable bonds is 5. The number of hydrogen-bond acceptors (Lipinski definition) is 6. The summed E-state index contributed by atoms with van der Waals surface area (Å²) in [5, 5.41) is 6.71. The quantitative estimate of drug-likeness (QED) is 0.697. The van der Waals surface area contributed by atoms with E-state index in [1.165, 1.54) is 0 Å². The summed E-state index contributed by atoms with van der Waals surface area (Å²) in [6.07, 6.45) is 0. The standard InChI is InChI=1S/C21H22N4O2/c1-14(2)22-19-13-20(25-21(24-19)15-6-4-3-5-7-15)23-16-8-9-17-18(12-16)27-11-10-26-17/h3-9,12-14H,10-11H2,1-2H3,(H2,22,23,24,25). The number of nitrogens with zero attached hydrogens (tertiary/aromatic N) is 2. The van der Waals surface area contributed by atoms with Crippen LogP contribution in [0.15, 0.2) is 54.6 Å². The highest BCUT2D eigenvalue weighted by atomic mass is 16.6. The van der Waals surface area contributed by atoms with Gasteiger partial charge in [0, 0.05) is 29.4 Å². The maximum atomic E-state index is 5.66. The predicted octanol–water partition coefficient (Wildman–Crippen LogP) is 4.48. The highest BCUT2D eigenvalue weighted by molar-refractivity contribution is 5.67. The summed E-state index contributed by atoms with van der Waals surface area (Å²) in [4.78, 5) is 9.33. The van der Waals surface area contributed by atoms with Crippen LogP contribution in [0.25, 0.3) is 11.4 Å². The molecule has 2 aromatic carbocycles. The van der Waals surface area contributed by atoms with E-state index in [-0.39, 0.29) is 6.04 Å². The van der Waals surface area contributed by atoms with Crippen molar-refractivity contribution in [2.75, 3.05) is 23.8 Å². The first-order chi connectivity index (χ1) is 13.2. The minimum Gasteiger partial charge on any atom is -0.486 e. The molecule has 138 valence electrons. The van der Waals surface area contributed by atoms with Crippen LogP contribution in [-0.4, -0.2) is 29.2 Å². The Balaban J connectivity index is 1.67. The van der Waals surface area contributed by atoms with Gasteiger partial charge in [-0.3, -0.25) is 0 Å². The number of benzene rings is 2. The molecule has 0 spiro atoms. The molecule has 1 aromatic heterocycles. The van der Waals surface area contributed by atoms with E-state index in [1.54, 1.807) is 0 Å². The summed E-state index contributed by atoms with van der Waals surface area (Å²) in [7, 11) is 0. The topological polar surface area (TPSA) is 68.3 Å².